The van der Waals surface area contributed by atoms with Crippen molar-refractivity contribution in [1.29, 1.82) is 0 Å². The summed E-state index contributed by atoms with van der Waals surface area (Å²) in [4.78, 5) is 15.0. The number of aliphatic hydroxyl groups is 1. The lowest BCUT2D eigenvalue weighted by atomic mass is 10.1. The zero-order valence-corrected chi connectivity index (χ0v) is 14.4. The molecule has 1 aromatic heterocycles. The molecule has 2 aromatic rings. The smallest absolute Gasteiger partial charge is 0.275 e. The quantitative estimate of drug-likeness (QED) is 0.920. The first-order valence-electron chi connectivity index (χ1n) is 8.88. The van der Waals surface area contributed by atoms with E-state index in [9.17, 15) is 9.90 Å². The van der Waals surface area contributed by atoms with Crippen molar-refractivity contribution < 1.29 is 14.6 Å². The Bertz CT molecular complexity index is 772. The van der Waals surface area contributed by atoms with Crippen LogP contribution >= 0.6 is 0 Å². The summed E-state index contributed by atoms with van der Waals surface area (Å²) in [5, 5.41) is 14.1. The van der Waals surface area contributed by atoms with Crippen LogP contribution in [0.25, 0.3) is 5.69 Å². The molecule has 2 atom stereocenters. The van der Waals surface area contributed by atoms with Crippen LogP contribution in [0, 0.1) is 0 Å². The van der Waals surface area contributed by atoms with Gasteiger partial charge in [0.1, 0.15) is 0 Å². The van der Waals surface area contributed by atoms with Crippen molar-refractivity contribution in [2.75, 3.05) is 19.8 Å². The molecule has 2 heterocycles. The van der Waals surface area contributed by atoms with E-state index < -0.39 is 0 Å². The van der Waals surface area contributed by atoms with Crippen molar-refractivity contribution in [2.24, 2.45) is 0 Å². The third-order valence-corrected chi connectivity index (χ3v) is 5.10. The lowest BCUT2D eigenvalue weighted by Crippen LogP contribution is -2.52. The Kier molecular flexibility index (Phi) is 4.31. The molecule has 1 fully saturated rings. The Balaban J connectivity index is 1.70. The highest BCUT2D eigenvalue weighted by molar-refractivity contribution is 5.94. The maximum absolute atomic E-state index is 13.2. The van der Waals surface area contributed by atoms with Crippen LogP contribution in [-0.4, -0.2) is 57.6 Å². The molecular formula is C19H23N3O3. The lowest BCUT2D eigenvalue weighted by molar-refractivity contribution is -0.0669. The van der Waals surface area contributed by atoms with Gasteiger partial charge in [-0.2, -0.15) is 5.10 Å². The van der Waals surface area contributed by atoms with Crippen molar-refractivity contribution in [3.05, 3.63) is 47.3 Å². The summed E-state index contributed by atoms with van der Waals surface area (Å²) >= 11 is 0. The average Bonchev–Trinajstić information content (AvgIpc) is 3.25. The maximum atomic E-state index is 13.2. The SMILES string of the molecule is CC1COC(CO)CN1C(=O)c1nn(-c2ccccc2)c2c1CCC2. The highest BCUT2D eigenvalue weighted by atomic mass is 16.5. The van der Waals surface area contributed by atoms with E-state index in [0.717, 1.165) is 36.2 Å². The molecule has 1 aliphatic carbocycles. The van der Waals surface area contributed by atoms with E-state index in [1.165, 1.54) is 0 Å². The van der Waals surface area contributed by atoms with E-state index in [0.29, 0.717) is 18.8 Å². The fourth-order valence-electron chi connectivity index (χ4n) is 3.74. The van der Waals surface area contributed by atoms with Gasteiger partial charge in [-0.05, 0) is 38.3 Å². The van der Waals surface area contributed by atoms with Gasteiger partial charge in [0.25, 0.3) is 5.91 Å². The Hall–Kier alpha value is -2.18. The van der Waals surface area contributed by atoms with Crippen LogP contribution in [0.3, 0.4) is 0 Å². The Morgan fingerprint density at radius 1 is 1.32 bits per heavy atom. The highest BCUT2D eigenvalue weighted by Gasteiger charge is 2.34. The fraction of sp³-hybridized carbons (Fsp3) is 0.474. The zero-order valence-electron chi connectivity index (χ0n) is 14.4. The van der Waals surface area contributed by atoms with E-state index in [-0.39, 0.29) is 24.7 Å². The zero-order chi connectivity index (χ0) is 17.4. The second-order valence-corrected chi connectivity index (χ2v) is 6.82. The van der Waals surface area contributed by atoms with Crippen molar-refractivity contribution in [1.82, 2.24) is 14.7 Å². The van der Waals surface area contributed by atoms with E-state index in [1.807, 2.05) is 41.9 Å². The normalized spacial score (nSPS) is 22.9. The average molecular weight is 341 g/mol. The summed E-state index contributed by atoms with van der Waals surface area (Å²) < 4.78 is 7.47. The second-order valence-electron chi connectivity index (χ2n) is 6.82. The van der Waals surface area contributed by atoms with Gasteiger partial charge in [0, 0.05) is 17.8 Å². The minimum absolute atomic E-state index is 0.0192. The number of ether oxygens (including phenoxy) is 1. The topological polar surface area (TPSA) is 67.6 Å². The van der Waals surface area contributed by atoms with Crippen molar-refractivity contribution in [3.63, 3.8) is 0 Å². The number of morpholine rings is 1. The molecular weight excluding hydrogens is 318 g/mol. The van der Waals surface area contributed by atoms with Gasteiger partial charge in [-0.1, -0.05) is 18.2 Å². The molecule has 4 rings (SSSR count). The van der Waals surface area contributed by atoms with Gasteiger partial charge < -0.3 is 14.7 Å². The van der Waals surface area contributed by atoms with E-state index in [2.05, 4.69) is 5.10 Å². The van der Waals surface area contributed by atoms with Crippen molar-refractivity contribution >= 4 is 5.91 Å². The fourth-order valence-corrected chi connectivity index (χ4v) is 3.74. The molecule has 6 nitrogen and oxygen atoms in total. The summed E-state index contributed by atoms with van der Waals surface area (Å²) in [5.74, 6) is -0.0536. The summed E-state index contributed by atoms with van der Waals surface area (Å²) in [5.41, 5.74) is 3.77. The minimum atomic E-state index is -0.315. The number of nitrogens with zero attached hydrogens (tertiary/aromatic N) is 3. The Morgan fingerprint density at radius 2 is 2.12 bits per heavy atom. The first-order valence-corrected chi connectivity index (χ1v) is 8.88. The molecule has 1 aromatic carbocycles. The number of fused-ring (bicyclic) bond motifs is 1. The maximum Gasteiger partial charge on any atom is 0.275 e. The monoisotopic (exact) mass is 341 g/mol. The summed E-state index contributed by atoms with van der Waals surface area (Å²) in [7, 11) is 0. The molecule has 25 heavy (non-hydrogen) atoms. The number of hydrogen-bond donors (Lipinski definition) is 1. The Labute approximate surface area is 147 Å². The molecule has 6 heteroatoms. The summed E-state index contributed by atoms with van der Waals surface area (Å²) in [6.45, 7) is 2.75. The van der Waals surface area contributed by atoms with Crippen molar-refractivity contribution in [3.8, 4) is 5.69 Å². The van der Waals surface area contributed by atoms with Gasteiger partial charge in [0.15, 0.2) is 5.69 Å². The van der Waals surface area contributed by atoms with Crippen LogP contribution in [0.2, 0.25) is 0 Å². The van der Waals surface area contributed by atoms with Gasteiger partial charge in [0.2, 0.25) is 0 Å². The number of hydrogen-bond acceptors (Lipinski definition) is 4. The number of carbonyl (C=O) groups is 1. The highest BCUT2D eigenvalue weighted by Crippen LogP contribution is 2.29. The largest absolute Gasteiger partial charge is 0.394 e. The third kappa shape index (κ3) is 2.85. The van der Waals surface area contributed by atoms with Crippen LogP contribution < -0.4 is 0 Å². The first-order chi connectivity index (χ1) is 12.2. The number of amides is 1. The number of aliphatic hydroxyl groups excluding tert-OH is 1. The molecule has 1 saturated heterocycles. The molecule has 1 amide bonds. The molecule has 0 radical (unpaired) electrons. The number of carbonyl (C=O) groups excluding carboxylic acids is 1. The predicted octanol–water partition coefficient (Wildman–Crippen LogP) is 1.58. The van der Waals surface area contributed by atoms with Crippen LogP contribution in [-0.2, 0) is 17.6 Å². The third-order valence-electron chi connectivity index (χ3n) is 5.10. The standard InChI is InChI=1S/C19H23N3O3/c1-13-12-25-15(11-23)10-21(13)19(24)18-16-8-5-9-17(16)22(20-18)14-6-3-2-4-7-14/h2-4,6-7,13,15,23H,5,8-12H2,1H3. The molecule has 2 unspecified atom stereocenters. The summed E-state index contributed by atoms with van der Waals surface area (Å²) in [6.07, 6.45) is 2.58. The molecule has 0 bridgehead atoms. The van der Waals surface area contributed by atoms with E-state index >= 15 is 0 Å². The number of benzene rings is 1. The lowest BCUT2D eigenvalue weighted by Gasteiger charge is -2.37. The predicted molar refractivity (Wildman–Crippen MR) is 92.9 cm³/mol. The molecule has 132 valence electrons. The molecule has 0 saturated carbocycles. The molecule has 0 spiro atoms. The number of rotatable bonds is 3. The van der Waals surface area contributed by atoms with Crippen LogP contribution in [0.4, 0.5) is 0 Å². The molecule has 1 N–H and O–H groups in total. The van der Waals surface area contributed by atoms with Crippen LogP contribution in [0.1, 0.15) is 35.1 Å². The second kappa shape index (κ2) is 6.61. The molecule has 2 aliphatic rings. The van der Waals surface area contributed by atoms with E-state index in [1.54, 1.807) is 4.90 Å². The van der Waals surface area contributed by atoms with Gasteiger partial charge in [-0.15, -0.1) is 0 Å². The first kappa shape index (κ1) is 16.3. The van der Waals surface area contributed by atoms with Crippen molar-refractivity contribution in [2.45, 2.75) is 38.3 Å². The number of para-hydroxylation sites is 1. The minimum Gasteiger partial charge on any atom is -0.394 e. The van der Waals surface area contributed by atoms with Gasteiger partial charge >= 0.3 is 0 Å². The number of aromatic nitrogens is 2. The van der Waals surface area contributed by atoms with Gasteiger partial charge in [-0.3, -0.25) is 4.79 Å². The van der Waals surface area contributed by atoms with Gasteiger partial charge in [0.05, 0.1) is 31.0 Å². The van der Waals surface area contributed by atoms with Gasteiger partial charge in [-0.25, -0.2) is 4.68 Å². The van der Waals surface area contributed by atoms with Crippen LogP contribution in [0.15, 0.2) is 30.3 Å². The Morgan fingerprint density at radius 3 is 2.88 bits per heavy atom. The molecule has 1 aliphatic heterocycles. The van der Waals surface area contributed by atoms with Crippen LogP contribution in [0.5, 0.6) is 0 Å². The van der Waals surface area contributed by atoms with E-state index in [4.69, 9.17) is 4.74 Å². The summed E-state index contributed by atoms with van der Waals surface area (Å²) in [6, 6.07) is 9.95.